The van der Waals surface area contributed by atoms with Crippen LogP contribution in [0.5, 0.6) is 0 Å². The van der Waals surface area contributed by atoms with Crippen molar-refractivity contribution in [2.24, 2.45) is 0 Å². The average molecular weight is 139 g/mol. The van der Waals surface area contributed by atoms with E-state index in [2.05, 4.69) is 18.7 Å². The molecule has 1 heteroatoms. The molecule has 0 bridgehead atoms. The van der Waals surface area contributed by atoms with Gasteiger partial charge in [0.2, 0.25) is 0 Å². The summed E-state index contributed by atoms with van der Waals surface area (Å²) in [5, 5.41) is 0. The Morgan fingerprint density at radius 1 is 1.40 bits per heavy atom. The first-order valence-electron chi connectivity index (χ1n) is 4.55. The molecule has 10 heavy (non-hydrogen) atoms. The molecule has 1 spiro atoms. The molecule has 1 atom stereocenters. The maximum Gasteiger partial charge on any atom is 0.0214 e. The SMILES string of the molecule is CCN1[C@H](C)CCC12CC2. The van der Waals surface area contributed by atoms with Gasteiger partial charge in [-0.3, -0.25) is 4.90 Å². The molecule has 0 aromatic rings. The fourth-order valence-corrected chi connectivity index (χ4v) is 2.57. The molecule has 1 saturated carbocycles. The second kappa shape index (κ2) is 1.97. The van der Waals surface area contributed by atoms with Crippen LogP contribution in [0.4, 0.5) is 0 Å². The van der Waals surface area contributed by atoms with Crippen molar-refractivity contribution in [3.8, 4) is 0 Å². The highest BCUT2D eigenvalue weighted by atomic mass is 15.3. The normalized spacial score (nSPS) is 37.2. The Balaban J connectivity index is 2.10. The molecule has 1 aliphatic carbocycles. The molecule has 0 amide bonds. The van der Waals surface area contributed by atoms with Gasteiger partial charge in [-0.15, -0.1) is 0 Å². The van der Waals surface area contributed by atoms with Crippen LogP contribution in [0.25, 0.3) is 0 Å². The van der Waals surface area contributed by atoms with Gasteiger partial charge in [-0.2, -0.15) is 0 Å². The van der Waals surface area contributed by atoms with Crippen LogP contribution < -0.4 is 0 Å². The largest absolute Gasteiger partial charge is 0.295 e. The van der Waals surface area contributed by atoms with Gasteiger partial charge in [-0.05, 0) is 39.2 Å². The predicted octanol–water partition coefficient (Wildman–Crippen LogP) is 2.02. The van der Waals surface area contributed by atoms with E-state index in [0.717, 1.165) is 6.04 Å². The molecule has 0 radical (unpaired) electrons. The lowest BCUT2D eigenvalue weighted by Crippen LogP contribution is -2.35. The maximum absolute atomic E-state index is 2.70. The molecule has 2 aliphatic rings. The van der Waals surface area contributed by atoms with Crippen molar-refractivity contribution in [1.82, 2.24) is 4.90 Å². The lowest BCUT2D eigenvalue weighted by molar-refractivity contribution is 0.198. The van der Waals surface area contributed by atoms with E-state index in [4.69, 9.17) is 0 Å². The fourth-order valence-electron chi connectivity index (χ4n) is 2.57. The molecule has 0 N–H and O–H groups in total. The maximum atomic E-state index is 2.70. The Morgan fingerprint density at radius 3 is 2.50 bits per heavy atom. The first-order chi connectivity index (χ1) is 4.78. The molecule has 0 aromatic heterocycles. The van der Waals surface area contributed by atoms with Gasteiger partial charge < -0.3 is 0 Å². The summed E-state index contributed by atoms with van der Waals surface area (Å²) in [6, 6.07) is 0.868. The van der Waals surface area contributed by atoms with Gasteiger partial charge in [0.25, 0.3) is 0 Å². The zero-order valence-corrected chi connectivity index (χ0v) is 7.06. The number of nitrogens with zero attached hydrogens (tertiary/aromatic N) is 1. The Morgan fingerprint density at radius 2 is 2.10 bits per heavy atom. The molecule has 0 aromatic carbocycles. The second-order valence-electron chi connectivity index (χ2n) is 3.90. The van der Waals surface area contributed by atoms with Crippen LogP contribution in [0, 0.1) is 0 Å². The van der Waals surface area contributed by atoms with Crippen molar-refractivity contribution in [2.45, 2.75) is 51.1 Å². The zero-order chi connectivity index (χ0) is 7.19. The van der Waals surface area contributed by atoms with Gasteiger partial charge in [0.15, 0.2) is 0 Å². The lowest BCUT2D eigenvalue weighted by Gasteiger charge is -2.26. The topological polar surface area (TPSA) is 3.24 Å². The van der Waals surface area contributed by atoms with E-state index in [1.807, 2.05) is 0 Å². The third kappa shape index (κ3) is 0.731. The van der Waals surface area contributed by atoms with Gasteiger partial charge >= 0.3 is 0 Å². The summed E-state index contributed by atoms with van der Waals surface area (Å²) in [7, 11) is 0. The Hall–Kier alpha value is -0.0400. The van der Waals surface area contributed by atoms with Gasteiger partial charge in [0.05, 0.1) is 0 Å². The molecular weight excluding hydrogens is 122 g/mol. The number of likely N-dealkylation sites (tertiary alicyclic amines) is 1. The summed E-state index contributed by atoms with van der Waals surface area (Å²) in [4.78, 5) is 2.70. The molecular formula is C9H17N. The van der Waals surface area contributed by atoms with Crippen molar-refractivity contribution in [3.63, 3.8) is 0 Å². The zero-order valence-electron chi connectivity index (χ0n) is 7.06. The van der Waals surface area contributed by atoms with Gasteiger partial charge in [0, 0.05) is 11.6 Å². The van der Waals surface area contributed by atoms with E-state index < -0.39 is 0 Å². The molecule has 1 aliphatic heterocycles. The summed E-state index contributed by atoms with van der Waals surface area (Å²) < 4.78 is 0. The van der Waals surface area contributed by atoms with Gasteiger partial charge in [0.1, 0.15) is 0 Å². The molecule has 58 valence electrons. The van der Waals surface area contributed by atoms with E-state index in [9.17, 15) is 0 Å². The van der Waals surface area contributed by atoms with E-state index in [1.54, 1.807) is 0 Å². The summed E-state index contributed by atoms with van der Waals surface area (Å²) in [6.45, 7) is 5.93. The quantitative estimate of drug-likeness (QED) is 0.537. The van der Waals surface area contributed by atoms with Crippen molar-refractivity contribution in [3.05, 3.63) is 0 Å². The van der Waals surface area contributed by atoms with E-state index in [-0.39, 0.29) is 0 Å². The van der Waals surface area contributed by atoms with E-state index in [1.165, 1.54) is 32.2 Å². The van der Waals surface area contributed by atoms with Gasteiger partial charge in [-0.25, -0.2) is 0 Å². The van der Waals surface area contributed by atoms with Crippen molar-refractivity contribution in [1.29, 1.82) is 0 Å². The fraction of sp³-hybridized carbons (Fsp3) is 1.00. The van der Waals surface area contributed by atoms with Gasteiger partial charge in [-0.1, -0.05) is 6.92 Å². The number of rotatable bonds is 1. The number of hydrogen-bond donors (Lipinski definition) is 0. The van der Waals surface area contributed by atoms with Crippen LogP contribution in [0.2, 0.25) is 0 Å². The van der Waals surface area contributed by atoms with Crippen LogP contribution >= 0.6 is 0 Å². The summed E-state index contributed by atoms with van der Waals surface area (Å²) >= 11 is 0. The molecule has 2 fully saturated rings. The Bertz CT molecular complexity index is 138. The monoisotopic (exact) mass is 139 g/mol. The first-order valence-corrected chi connectivity index (χ1v) is 4.55. The minimum absolute atomic E-state index is 0.716. The van der Waals surface area contributed by atoms with Crippen LogP contribution in [0.3, 0.4) is 0 Å². The van der Waals surface area contributed by atoms with Crippen molar-refractivity contribution < 1.29 is 0 Å². The van der Waals surface area contributed by atoms with Crippen LogP contribution in [0.1, 0.15) is 39.5 Å². The number of hydrogen-bond acceptors (Lipinski definition) is 1. The highest BCUT2D eigenvalue weighted by molar-refractivity contribution is 5.09. The standard InChI is InChI=1S/C9H17N/c1-3-10-8(2)4-5-9(10)6-7-9/h8H,3-7H2,1-2H3/t8-/m1/s1. The second-order valence-corrected chi connectivity index (χ2v) is 3.90. The van der Waals surface area contributed by atoms with Crippen molar-refractivity contribution >= 4 is 0 Å². The molecule has 2 rings (SSSR count). The lowest BCUT2D eigenvalue weighted by atomic mass is 10.2. The minimum Gasteiger partial charge on any atom is -0.295 e. The summed E-state index contributed by atoms with van der Waals surface area (Å²) in [5.41, 5.74) is 0.716. The smallest absolute Gasteiger partial charge is 0.0214 e. The molecule has 1 heterocycles. The Kier molecular flexibility index (Phi) is 1.31. The highest BCUT2D eigenvalue weighted by Crippen LogP contribution is 2.51. The average Bonchev–Trinajstić information content (AvgIpc) is 2.60. The Labute approximate surface area is 63.4 Å². The van der Waals surface area contributed by atoms with E-state index in [0.29, 0.717) is 5.54 Å². The minimum atomic E-state index is 0.716. The predicted molar refractivity (Wildman–Crippen MR) is 43.0 cm³/mol. The van der Waals surface area contributed by atoms with Crippen LogP contribution in [-0.2, 0) is 0 Å². The molecule has 0 unspecified atom stereocenters. The van der Waals surface area contributed by atoms with Crippen molar-refractivity contribution in [2.75, 3.05) is 6.54 Å². The first kappa shape index (κ1) is 6.66. The van der Waals surface area contributed by atoms with Crippen LogP contribution in [0.15, 0.2) is 0 Å². The highest BCUT2D eigenvalue weighted by Gasteiger charge is 2.52. The third-order valence-electron chi connectivity index (χ3n) is 3.34. The van der Waals surface area contributed by atoms with E-state index >= 15 is 0 Å². The molecule has 1 nitrogen and oxygen atoms in total. The third-order valence-corrected chi connectivity index (χ3v) is 3.34. The summed E-state index contributed by atoms with van der Waals surface area (Å²) in [5.74, 6) is 0. The summed E-state index contributed by atoms with van der Waals surface area (Å²) in [6.07, 6.45) is 5.87. The van der Waals surface area contributed by atoms with Crippen LogP contribution in [-0.4, -0.2) is 23.0 Å². The molecule has 1 saturated heterocycles.